The average Bonchev–Trinajstić information content (AvgIpc) is 3.37. The summed E-state index contributed by atoms with van der Waals surface area (Å²) in [6.45, 7) is 0. The number of nitro benzene ring substituents is 1. The van der Waals surface area contributed by atoms with Crippen LogP contribution < -0.4 is 4.74 Å². The number of ether oxygens (including phenoxy) is 1. The third kappa shape index (κ3) is 2.89. The molecule has 28 heavy (non-hydrogen) atoms. The van der Waals surface area contributed by atoms with E-state index in [9.17, 15) is 10.1 Å². The summed E-state index contributed by atoms with van der Waals surface area (Å²) in [5.74, 6) is 0.781. The maximum atomic E-state index is 11.2. The molecule has 2 aliphatic heterocycles. The molecule has 2 aliphatic rings. The Balaban J connectivity index is 1.62. The summed E-state index contributed by atoms with van der Waals surface area (Å²) in [5, 5.41) is 20.1. The van der Waals surface area contributed by atoms with Crippen LogP contribution in [0, 0.1) is 10.1 Å². The molecule has 5 rings (SSSR count). The van der Waals surface area contributed by atoms with Crippen LogP contribution in [0.1, 0.15) is 34.7 Å². The number of non-ortho nitro benzene ring substituents is 1. The highest BCUT2D eigenvalue weighted by Crippen LogP contribution is 2.48. The minimum Gasteiger partial charge on any atom is -0.464 e. The molecule has 8 heteroatoms. The number of thiophene rings is 1. The first-order valence-electron chi connectivity index (χ1n) is 8.70. The van der Waals surface area contributed by atoms with Gasteiger partial charge in [0.15, 0.2) is 0 Å². The predicted octanol–water partition coefficient (Wildman–Crippen LogP) is 5.66. The van der Waals surface area contributed by atoms with E-state index < -0.39 is 6.23 Å². The van der Waals surface area contributed by atoms with Crippen molar-refractivity contribution < 1.29 is 9.66 Å². The summed E-state index contributed by atoms with van der Waals surface area (Å²) < 4.78 is 7.25. The zero-order valence-electron chi connectivity index (χ0n) is 14.5. The second kappa shape index (κ2) is 6.72. The largest absolute Gasteiger partial charge is 0.464 e. The van der Waals surface area contributed by atoms with Crippen LogP contribution in [0.5, 0.6) is 5.75 Å². The lowest BCUT2D eigenvalue weighted by Gasteiger charge is -2.38. The highest BCUT2D eigenvalue weighted by Gasteiger charge is 2.41. The summed E-state index contributed by atoms with van der Waals surface area (Å²) in [7, 11) is 0. The lowest BCUT2D eigenvalue weighted by atomic mass is 9.97. The molecule has 6 nitrogen and oxygen atoms in total. The van der Waals surface area contributed by atoms with Gasteiger partial charge in [0.1, 0.15) is 5.75 Å². The summed E-state index contributed by atoms with van der Waals surface area (Å²) in [6, 6.07) is 16.6. The fraction of sp³-hybridized carbons (Fsp3) is 0.150. The average molecular weight is 456 g/mol. The van der Waals surface area contributed by atoms with Crippen molar-refractivity contribution in [2.24, 2.45) is 5.10 Å². The van der Waals surface area contributed by atoms with Crippen LogP contribution in [0.25, 0.3) is 0 Å². The number of fused-ring (bicyclic) bond motifs is 3. The van der Waals surface area contributed by atoms with Gasteiger partial charge in [-0.3, -0.25) is 10.1 Å². The third-order valence-corrected chi connectivity index (χ3v) is 6.34. The van der Waals surface area contributed by atoms with Crippen molar-refractivity contribution in [1.29, 1.82) is 0 Å². The number of rotatable bonds is 3. The van der Waals surface area contributed by atoms with Crippen LogP contribution >= 0.6 is 27.3 Å². The van der Waals surface area contributed by atoms with Crippen LogP contribution in [0.3, 0.4) is 0 Å². The molecule has 0 amide bonds. The molecule has 2 atom stereocenters. The van der Waals surface area contributed by atoms with Crippen LogP contribution in [0.4, 0.5) is 5.69 Å². The Morgan fingerprint density at radius 1 is 1.21 bits per heavy atom. The normalized spacial score (nSPS) is 20.2. The van der Waals surface area contributed by atoms with Gasteiger partial charge in [-0.2, -0.15) is 5.10 Å². The molecule has 1 aromatic heterocycles. The standard InChI is InChI=1S/C20H14BrN3O3S/c21-13-6-7-18-15(10-13)17-11-16(19-5-2-8-28-19)22-23(17)20(27-18)12-3-1-4-14(9-12)24(25)26/h1-10,17,20H,11H2/t17-,20-/m1/s1. The Hall–Kier alpha value is -2.71. The molecule has 0 saturated heterocycles. The Kier molecular flexibility index (Phi) is 4.17. The Labute approximate surface area is 173 Å². The fourth-order valence-corrected chi connectivity index (χ4v) is 4.76. The van der Waals surface area contributed by atoms with E-state index in [1.807, 2.05) is 34.7 Å². The first kappa shape index (κ1) is 17.4. The molecule has 0 bridgehead atoms. The topological polar surface area (TPSA) is 68.0 Å². The summed E-state index contributed by atoms with van der Waals surface area (Å²) in [5.41, 5.74) is 2.82. The molecule has 0 radical (unpaired) electrons. The SMILES string of the molecule is O=[N+]([O-])c1cccc([C@H]2Oc3ccc(Br)cc3[C@H]3CC(c4cccs4)=NN32)c1. The van der Waals surface area contributed by atoms with Gasteiger partial charge in [0.05, 0.1) is 21.6 Å². The molecule has 3 aromatic rings. The van der Waals surface area contributed by atoms with E-state index in [2.05, 4.69) is 28.1 Å². The molecule has 0 saturated carbocycles. The minimum absolute atomic E-state index is 0.0163. The number of nitro groups is 1. The molecular weight excluding hydrogens is 442 g/mol. The van der Waals surface area contributed by atoms with Gasteiger partial charge in [0, 0.05) is 34.2 Å². The first-order chi connectivity index (χ1) is 13.6. The van der Waals surface area contributed by atoms with Crippen LogP contribution in [-0.2, 0) is 0 Å². The molecular formula is C20H14BrN3O3S. The summed E-state index contributed by atoms with van der Waals surface area (Å²) in [6.07, 6.45) is 0.245. The van der Waals surface area contributed by atoms with E-state index in [4.69, 9.17) is 9.84 Å². The Morgan fingerprint density at radius 3 is 2.89 bits per heavy atom. The van der Waals surface area contributed by atoms with Crippen LogP contribution in [0.2, 0.25) is 0 Å². The van der Waals surface area contributed by atoms with E-state index in [1.54, 1.807) is 23.5 Å². The number of nitrogens with zero attached hydrogens (tertiary/aromatic N) is 3. The van der Waals surface area contributed by atoms with E-state index in [1.165, 1.54) is 6.07 Å². The van der Waals surface area contributed by atoms with Gasteiger partial charge in [0.25, 0.3) is 5.69 Å². The van der Waals surface area contributed by atoms with E-state index in [0.717, 1.165) is 32.8 Å². The van der Waals surface area contributed by atoms with Crippen molar-refractivity contribution in [2.75, 3.05) is 0 Å². The zero-order chi connectivity index (χ0) is 19.3. The van der Waals surface area contributed by atoms with Crippen LogP contribution in [0.15, 0.2) is 69.6 Å². The maximum Gasteiger partial charge on any atom is 0.269 e. The fourth-order valence-electron chi connectivity index (χ4n) is 3.66. The van der Waals surface area contributed by atoms with Gasteiger partial charge in [0.2, 0.25) is 6.23 Å². The first-order valence-corrected chi connectivity index (χ1v) is 10.4. The molecule has 0 N–H and O–H groups in total. The highest BCUT2D eigenvalue weighted by molar-refractivity contribution is 9.10. The zero-order valence-corrected chi connectivity index (χ0v) is 16.9. The van der Waals surface area contributed by atoms with Crippen molar-refractivity contribution in [3.05, 3.63) is 90.6 Å². The Bertz CT molecular complexity index is 1100. The van der Waals surface area contributed by atoms with Gasteiger partial charge >= 0.3 is 0 Å². The predicted molar refractivity (Wildman–Crippen MR) is 111 cm³/mol. The quantitative estimate of drug-likeness (QED) is 0.377. The van der Waals surface area contributed by atoms with Gasteiger partial charge in [-0.25, -0.2) is 5.01 Å². The molecule has 0 unspecified atom stereocenters. The number of hydrogen-bond acceptors (Lipinski definition) is 6. The number of benzene rings is 2. The molecule has 3 heterocycles. The van der Waals surface area contributed by atoms with Gasteiger partial charge < -0.3 is 4.74 Å². The monoisotopic (exact) mass is 455 g/mol. The smallest absolute Gasteiger partial charge is 0.269 e. The van der Waals surface area contributed by atoms with Gasteiger partial charge in [-0.15, -0.1) is 11.3 Å². The number of hydrazone groups is 1. The molecule has 0 aliphatic carbocycles. The minimum atomic E-state index is -0.518. The van der Waals surface area contributed by atoms with Crippen molar-refractivity contribution in [3.8, 4) is 5.75 Å². The maximum absolute atomic E-state index is 11.2. The second-order valence-corrected chi connectivity index (χ2v) is 8.49. The van der Waals surface area contributed by atoms with E-state index in [-0.39, 0.29) is 16.7 Å². The van der Waals surface area contributed by atoms with Crippen molar-refractivity contribution in [2.45, 2.75) is 18.7 Å². The molecule has 0 fully saturated rings. The van der Waals surface area contributed by atoms with Crippen molar-refractivity contribution in [1.82, 2.24) is 5.01 Å². The van der Waals surface area contributed by atoms with E-state index >= 15 is 0 Å². The molecule has 0 spiro atoms. The van der Waals surface area contributed by atoms with Crippen molar-refractivity contribution in [3.63, 3.8) is 0 Å². The summed E-state index contributed by atoms with van der Waals surface area (Å²) >= 11 is 5.20. The second-order valence-electron chi connectivity index (χ2n) is 6.63. The summed E-state index contributed by atoms with van der Waals surface area (Å²) in [4.78, 5) is 12.0. The number of hydrogen-bond donors (Lipinski definition) is 0. The third-order valence-electron chi connectivity index (χ3n) is 4.92. The number of halogens is 1. The van der Waals surface area contributed by atoms with E-state index in [0.29, 0.717) is 5.56 Å². The molecule has 140 valence electrons. The van der Waals surface area contributed by atoms with Gasteiger partial charge in [-0.1, -0.05) is 34.1 Å². The van der Waals surface area contributed by atoms with Crippen molar-refractivity contribution >= 4 is 38.7 Å². The lowest BCUT2D eigenvalue weighted by Crippen LogP contribution is -2.33. The lowest BCUT2D eigenvalue weighted by molar-refractivity contribution is -0.385. The molecule has 2 aromatic carbocycles. The van der Waals surface area contributed by atoms with Gasteiger partial charge in [-0.05, 0) is 29.6 Å². The van der Waals surface area contributed by atoms with Crippen LogP contribution in [-0.4, -0.2) is 15.6 Å². The Morgan fingerprint density at radius 2 is 2.11 bits per heavy atom. The highest BCUT2D eigenvalue weighted by atomic mass is 79.9.